The predicted molar refractivity (Wildman–Crippen MR) is 76.2 cm³/mol. The third-order valence-electron chi connectivity index (χ3n) is 4.42. The molecule has 1 aromatic rings. The van der Waals surface area contributed by atoms with Gasteiger partial charge in [0, 0.05) is 13.1 Å². The maximum atomic E-state index is 11.0. The van der Waals surface area contributed by atoms with Crippen molar-refractivity contribution in [3.8, 4) is 0 Å². The Kier molecular flexibility index (Phi) is 3.95. The molecule has 1 aliphatic heterocycles. The van der Waals surface area contributed by atoms with Crippen LogP contribution in [0.5, 0.6) is 0 Å². The number of hydrogen-bond donors (Lipinski definition) is 1. The molecule has 1 atom stereocenters. The van der Waals surface area contributed by atoms with E-state index < -0.39 is 5.97 Å². The first-order chi connectivity index (χ1) is 8.88. The molecule has 1 aliphatic rings. The highest BCUT2D eigenvalue weighted by Gasteiger charge is 2.32. The molecule has 1 heterocycles. The molecule has 104 valence electrons. The Bertz CT molecular complexity index is 468. The highest BCUT2D eigenvalue weighted by molar-refractivity contribution is 5.87. The van der Waals surface area contributed by atoms with Crippen LogP contribution < -0.4 is 0 Å². The van der Waals surface area contributed by atoms with Crippen molar-refractivity contribution in [2.45, 2.75) is 33.7 Å². The standard InChI is InChI=1S/C16H23NO2/c1-12-7-8-17(11-16(12,2)3)10-13-5-4-6-14(9-13)15(18)19/h4-6,9,12H,7-8,10-11H2,1-3H3,(H,18,19). The molecule has 0 aromatic heterocycles. The average Bonchev–Trinajstić information content (AvgIpc) is 2.34. The van der Waals surface area contributed by atoms with Gasteiger partial charge in [0.05, 0.1) is 5.56 Å². The van der Waals surface area contributed by atoms with Crippen molar-refractivity contribution < 1.29 is 9.90 Å². The summed E-state index contributed by atoms with van der Waals surface area (Å²) in [6.45, 7) is 9.97. The van der Waals surface area contributed by atoms with E-state index in [-0.39, 0.29) is 0 Å². The third kappa shape index (κ3) is 3.35. The molecule has 0 spiro atoms. The van der Waals surface area contributed by atoms with Gasteiger partial charge in [0.15, 0.2) is 0 Å². The molecule has 1 saturated heterocycles. The Morgan fingerprint density at radius 3 is 2.84 bits per heavy atom. The maximum Gasteiger partial charge on any atom is 0.335 e. The fraction of sp³-hybridized carbons (Fsp3) is 0.562. The van der Waals surface area contributed by atoms with E-state index in [1.54, 1.807) is 12.1 Å². The first-order valence-electron chi connectivity index (χ1n) is 6.93. The minimum Gasteiger partial charge on any atom is -0.478 e. The van der Waals surface area contributed by atoms with E-state index in [2.05, 4.69) is 25.7 Å². The van der Waals surface area contributed by atoms with E-state index in [1.807, 2.05) is 12.1 Å². The minimum absolute atomic E-state index is 0.336. The zero-order valence-corrected chi connectivity index (χ0v) is 12.0. The van der Waals surface area contributed by atoms with Crippen molar-refractivity contribution in [1.82, 2.24) is 4.90 Å². The molecular weight excluding hydrogens is 238 g/mol. The van der Waals surface area contributed by atoms with E-state index >= 15 is 0 Å². The van der Waals surface area contributed by atoms with Gasteiger partial charge in [-0.1, -0.05) is 32.9 Å². The normalized spacial score (nSPS) is 23.2. The first-order valence-corrected chi connectivity index (χ1v) is 6.93. The summed E-state index contributed by atoms with van der Waals surface area (Å²) < 4.78 is 0. The Morgan fingerprint density at radius 2 is 2.21 bits per heavy atom. The lowest BCUT2D eigenvalue weighted by Crippen LogP contribution is -2.44. The second kappa shape index (κ2) is 5.33. The number of piperidine rings is 1. The highest BCUT2D eigenvalue weighted by atomic mass is 16.4. The number of carbonyl (C=O) groups is 1. The number of likely N-dealkylation sites (tertiary alicyclic amines) is 1. The van der Waals surface area contributed by atoms with Crippen molar-refractivity contribution in [3.05, 3.63) is 35.4 Å². The van der Waals surface area contributed by atoms with Crippen LogP contribution in [-0.4, -0.2) is 29.1 Å². The first kappa shape index (κ1) is 14.1. The number of aromatic carboxylic acids is 1. The van der Waals surface area contributed by atoms with Gasteiger partial charge in [0.1, 0.15) is 0 Å². The van der Waals surface area contributed by atoms with E-state index in [4.69, 9.17) is 5.11 Å². The molecule has 0 aliphatic carbocycles. The van der Waals surface area contributed by atoms with Crippen LogP contribution in [0.3, 0.4) is 0 Å². The smallest absolute Gasteiger partial charge is 0.335 e. The van der Waals surface area contributed by atoms with Gasteiger partial charge in [0.2, 0.25) is 0 Å². The van der Waals surface area contributed by atoms with Crippen molar-refractivity contribution >= 4 is 5.97 Å². The van der Waals surface area contributed by atoms with E-state index in [0.29, 0.717) is 11.0 Å². The Balaban J connectivity index is 2.05. The van der Waals surface area contributed by atoms with Gasteiger partial charge in [-0.3, -0.25) is 4.90 Å². The Labute approximate surface area is 115 Å². The lowest BCUT2D eigenvalue weighted by atomic mass is 9.75. The summed E-state index contributed by atoms with van der Waals surface area (Å²) in [7, 11) is 0. The molecule has 3 nitrogen and oxygen atoms in total. The predicted octanol–water partition coefficient (Wildman–Crippen LogP) is 3.25. The van der Waals surface area contributed by atoms with E-state index in [1.165, 1.54) is 6.42 Å². The number of carboxylic acids is 1. The molecule has 19 heavy (non-hydrogen) atoms. The van der Waals surface area contributed by atoms with Crippen molar-refractivity contribution in [2.24, 2.45) is 11.3 Å². The fourth-order valence-corrected chi connectivity index (χ4v) is 2.77. The third-order valence-corrected chi connectivity index (χ3v) is 4.42. The van der Waals surface area contributed by atoms with Gasteiger partial charge in [0.25, 0.3) is 0 Å². The Morgan fingerprint density at radius 1 is 1.47 bits per heavy atom. The zero-order chi connectivity index (χ0) is 14.0. The highest BCUT2D eigenvalue weighted by Crippen LogP contribution is 2.34. The summed E-state index contributed by atoms with van der Waals surface area (Å²) in [6.07, 6.45) is 1.21. The lowest BCUT2D eigenvalue weighted by Gasteiger charge is -2.43. The Hall–Kier alpha value is -1.35. The number of benzene rings is 1. The maximum absolute atomic E-state index is 11.0. The largest absolute Gasteiger partial charge is 0.478 e. The molecule has 1 fully saturated rings. The number of nitrogens with zero attached hydrogens (tertiary/aromatic N) is 1. The van der Waals surface area contributed by atoms with Crippen LogP contribution in [0.15, 0.2) is 24.3 Å². The second-order valence-electron chi connectivity index (χ2n) is 6.39. The lowest BCUT2D eigenvalue weighted by molar-refractivity contribution is 0.0597. The summed E-state index contributed by atoms with van der Waals surface area (Å²) in [4.78, 5) is 13.4. The van der Waals surface area contributed by atoms with Crippen molar-refractivity contribution in [3.63, 3.8) is 0 Å². The van der Waals surface area contributed by atoms with Gasteiger partial charge < -0.3 is 5.11 Å². The van der Waals surface area contributed by atoms with Crippen molar-refractivity contribution in [1.29, 1.82) is 0 Å². The van der Waals surface area contributed by atoms with Crippen LogP contribution >= 0.6 is 0 Å². The second-order valence-corrected chi connectivity index (χ2v) is 6.39. The quantitative estimate of drug-likeness (QED) is 0.908. The van der Waals surface area contributed by atoms with Gasteiger partial charge in [-0.05, 0) is 42.0 Å². The monoisotopic (exact) mass is 261 g/mol. The van der Waals surface area contributed by atoms with E-state index in [0.717, 1.165) is 31.1 Å². The summed E-state index contributed by atoms with van der Waals surface area (Å²) >= 11 is 0. The molecule has 3 heteroatoms. The fourth-order valence-electron chi connectivity index (χ4n) is 2.77. The van der Waals surface area contributed by atoms with Crippen LogP contribution in [0.1, 0.15) is 43.1 Å². The number of carboxylic acid groups (broad SMARTS) is 1. The zero-order valence-electron chi connectivity index (χ0n) is 12.0. The topological polar surface area (TPSA) is 40.5 Å². The summed E-state index contributed by atoms with van der Waals surface area (Å²) in [5.41, 5.74) is 1.80. The summed E-state index contributed by atoms with van der Waals surface area (Å²) in [5.74, 6) is -0.108. The number of hydrogen-bond acceptors (Lipinski definition) is 2. The molecule has 0 radical (unpaired) electrons. The molecule has 2 rings (SSSR count). The van der Waals surface area contributed by atoms with Gasteiger partial charge in [-0.15, -0.1) is 0 Å². The van der Waals surface area contributed by atoms with Crippen LogP contribution in [-0.2, 0) is 6.54 Å². The van der Waals surface area contributed by atoms with Gasteiger partial charge >= 0.3 is 5.97 Å². The number of rotatable bonds is 3. The summed E-state index contributed by atoms with van der Waals surface area (Å²) in [5, 5.41) is 9.02. The van der Waals surface area contributed by atoms with Crippen LogP contribution in [0.25, 0.3) is 0 Å². The van der Waals surface area contributed by atoms with Crippen molar-refractivity contribution in [2.75, 3.05) is 13.1 Å². The molecule has 0 saturated carbocycles. The molecule has 1 N–H and O–H groups in total. The SMILES string of the molecule is CC1CCN(Cc2cccc(C(=O)O)c2)CC1(C)C. The molecule has 1 aromatic carbocycles. The van der Waals surface area contributed by atoms with Crippen LogP contribution in [0, 0.1) is 11.3 Å². The molecule has 0 amide bonds. The van der Waals surface area contributed by atoms with E-state index in [9.17, 15) is 4.79 Å². The minimum atomic E-state index is -0.852. The van der Waals surface area contributed by atoms with Crippen LogP contribution in [0.2, 0.25) is 0 Å². The van der Waals surface area contributed by atoms with Gasteiger partial charge in [-0.25, -0.2) is 4.79 Å². The molecule has 1 unspecified atom stereocenters. The van der Waals surface area contributed by atoms with Gasteiger partial charge in [-0.2, -0.15) is 0 Å². The molecular formula is C16H23NO2. The van der Waals surface area contributed by atoms with Crippen LogP contribution in [0.4, 0.5) is 0 Å². The summed E-state index contributed by atoms with van der Waals surface area (Å²) in [6, 6.07) is 7.27. The molecule has 0 bridgehead atoms. The average molecular weight is 261 g/mol.